The Bertz CT molecular complexity index is 423. The van der Waals surface area contributed by atoms with Crippen LogP contribution < -0.4 is 5.32 Å². The van der Waals surface area contributed by atoms with Gasteiger partial charge in [0.15, 0.2) is 0 Å². The van der Waals surface area contributed by atoms with Gasteiger partial charge in [0.1, 0.15) is 0 Å². The predicted molar refractivity (Wildman–Crippen MR) is 74.4 cm³/mol. The Hall–Kier alpha value is -1.76. The van der Waals surface area contributed by atoms with Crippen molar-refractivity contribution < 1.29 is 0 Å². The first-order valence-corrected chi connectivity index (χ1v) is 6.20. The predicted octanol–water partition coefficient (Wildman–Crippen LogP) is 4.04. The highest BCUT2D eigenvalue weighted by atomic mass is 14.9. The molecule has 0 radical (unpaired) electrons. The largest absolute Gasteiger partial charge is 0.385 e. The molecule has 1 aliphatic heterocycles. The minimum atomic E-state index is 1.14. The Morgan fingerprint density at radius 2 is 1.59 bits per heavy atom. The normalized spacial score (nSPS) is 12.8. The van der Waals surface area contributed by atoms with Crippen LogP contribution in [0.2, 0.25) is 0 Å². The molecule has 0 spiro atoms. The molecule has 17 heavy (non-hydrogen) atoms. The number of anilines is 1. The summed E-state index contributed by atoms with van der Waals surface area (Å²) in [7, 11) is 0. The van der Waals surface area contributed by atoms with Gasteiger partial charge < -0.3 is 5.32 Å². The molecule has 0 amide bonds. The molecule has 0 saturated carbocycles. The van der Waals surface area contributed by atoms with Gasteiger partial charge in [-0.25, -0.2) is 0 Å². The lowest BCUT2D eigenvalue weighted by atomic mass is 10.0. The first kappa shape index (κ1) is 11.7. The second-order valence-corrected chi connectivity index (χ2v) is 4.34. The number of hydrogen-bond acceptors (Lipinski definition) is 1. The zero-order valence-corrected chi connectivity index (χ0v) is 10.3. The molecule has 0 saturated heterocycles. The summed E-state index contributed by atoms with van der Waals surface area (Å²) in [4.78, 5) is 0. The van der Waals surface area contributed by atoms with Crippen molar-refractivity contribution in [3.63, 3.8) is 0 Å². The van der Waals surface area contributed by atoms with E-state index in [1.54, 1.807) is 0 Å². The third-order valence-electron chi connectivity index (χ3n) is 2.90. The minimum absolute atomic E-state index is 1.14. The SMILES string of the molecule is Cc1ccccc1.c1ccc2c(c1)CCCN2. The van der Waals surface area contributed by atoms with Gasteiger partial charge in [0.2, 0.25) is 0 Å². The van der Waals surface area contributed by atoms with Gasteiger partial charge in [0.25, 0.3) is 0 Å². The summed E-state index contributed by atoms with van der Waals surface area (Å²) in [5.74, 6) is 0. The molecular formula is C16H19N. The van der Waals surface area contributed by atoms with Crippen molar-refractivity contribution in [2.24, 2.45) is 0 Å². The van der Waals surface area contributed by atoms with Gasteiger partial charge >= 0.3 is 0 Å². The van der Waals surface area contributed by atoms with E-state index in [4.69, 9.17) is 0 Å². The molecule has 1 nitrogen and oxygen atoms in total. The van der Waals surface area contributed by atoms with Crippen LogP contribution in [0.1, 0.15) is 17.5 Å². The highest BCUT2D eigenvalue weighted by molar-refractivity contribution is 5.52. The third-order valence-corrected chi connectivity index (χ3v) is 2.90. The molecular weight excluding hydrogens is 206 g/mol. The summed E-state index contributed by atoms with van der Waals surface area (Å²) in [6, 6.07) is 18.8. The maximum atomic E-state index is 3.36. The van der Waals surface area contributed by atoms with E-state index in [1.807, 2.05) is 18.2 Å². The van der Waals surface area contributed by atoms with Gasteiger partial charge in [-0.05, 0) is 31.4 Å². The van der Waals surface area contributed by atoms with E-state index >= 15 is 0 Å². The zero-order chi connectivity index (χ0) is 11.9. The second-order valence-electron chi connectivity index (χ2n) is 4.34. The lowest BCUT2D eigenvalue weighted by Crippen LogP contribution is -2.10. The van der Waals surface area contributed by atoms with E-state index in [1.165, 1.54) is 29.7 Å². The Morgan fingerprint density at radius 3 is 2.24 bits per heavy atom. The fraction of sp³-hybridized carbons (Fsp3) is 0.250. The van der Waals surface area contributed by atoms with E-state index < -0.39 is 0 Å². The monoisotopic (exact) mass is 225 g/mol. The van der Waals surface area contributed by atoms with Crippen LogP contribution in [0.25, 0.3) is 0 Å². The average Bonchev–Trinajstić information content (AvgIpc) is 2.41. The number of hydrogen-bond donors (Lipinski definition) is 1. The van der Waals surface area contributed by atoms with Crippen LogP contribution in [-0.4, -0.2) is 6.54 Å². The summed E-state index contributed by atoms with van der Waals surface area (Å²) in [5.41, 5.74) is 4.12. The van der Waals surface area contributed by atoms with Crippen LogP contribution in [-0.2, 0) is 6.42 Å². The topological polar surface area (TPSA) is 12.0 Å². The number of aryl methyl sites for hydroxylation is 2. The smallest absolute Gasteiger partial charge is 0.0372 e. The van der Waals surface area contributed by atoms with Gasteiger partial charge in [-0.15, -0.1) is 0 Å². The highest BCUT2D eigenvalue weighted by Gasteiger charge is 2.04. The van der Waals surface area contributed by atoms with Crippen molar-refractivity contribution in [3.05, 3.63) is 65.7 Å². The molecule has 1 heteroatoms. The molecule has 1 N–H and O–H groups in total. The molecule has 0 aliphatic carbocycles. The number of nitrogens with one attached hydrogen (secondary N) is 1. The van der Waals surface area contributed by atoms with E-state index in [-0.39, 0.29) is 0 Å². The Labute approximate surface area is 103 Å². The van der Waals surface area contributed by atoms with Crippen LogP contribution in [0, 0.1) is 6.92 Å². The lowest BCUT2D eigenvalue weighted by molar-refractivity contribution is 0.830. The third kappa shape index (κ3) is 3.63. The van der Waals surface area contributed by atoms with Crippen LogP contribution in [0.4, 0.5) is 5.69 Å². The summed E-state index contributed by atoms with van der Waals surface area (Å²) >= 11 is 0. The lowest BCUT2D eigenvalue weighted by Gasteiger charge is -2.16. The summed E-state index contributed by atoms with van der Waals surface area (Å²) in [6.45, 7) is 3.22. The van der Waals surface area contributed by atoms with Crippen LogP contribution in [0.5, 0.6) is 0 Å². The summed E-state index contributed by atoms with van der Waals surface area (Å²) in [6.07, 6.45) is 2.51. The van der Waals surface area contributed by atoms with E-state index in [9.17, 15) is 0 Å². The molecule has 1 aliphatic rings. The molecule has 0 aromatic heterocycles. The fourth-order valence-electron chi connectivity index (χ4n) is 1.95. The molecule has 0 atom stereocenters. The molecule has 2 aromatic rings. The maximum Gasteiger partial charge on any atom is 0.0372 e. The number of rotatable bonds is 0. The quantitative estimate of drug-likeness (QED) is 0.713. The summed E-state index contributed by atoms with van der Waals surface area (Å²) in [5, 5.41) is 3.36. The molecule has 0 bridgehead atoms. The number of para-hydroxylation sites is 1. The number of fused-ring (bicyclic) bond motifs is 1. The molecule has 88 valence electrons. The van der Waals surface area contributed by atoms with Crippen molar-refractivity contribution >= 4 is 5.69 Å². The van der Waals surface area contributed by atoms with E-state index in [0.717, 1.165) is 6.54 Å². The van der Waals surface area contributed by atoms with E-state index in [2.05, 4.69) is 48.6 Å². The molecule has 0 fully saturated rings. The second kappa shape index (κ2) is 6.09. The Balaban J connectivity index is 0.000000136. The van der Waals surface area contributed by atoms with Crippen molar-refractivity contribution in [3.8, 4) is 0 Å². The van der Waals surface area contributed by atoms with E-state index in [0.29, 0.717) is 0 Å². The van der Waals surface area contributed by atoms with Gasteiger partial charge in [-0.2, -0.15) is 0 Å². The first-order chi connectivity index (χ1) is 8.36. The van der Waals surface area contributed by atoms with Crippen molar-refractivity contribution in [2.45, 2.75) is 19.8 Å². The minimum Gasteiger partial charge on any atom is -0.385 e. The van der Waals surface area contributed by atoms with Crippen LogP contribution in [0.3, 0.4) is 0 Å². The first-order valence-electron chi connectivity index (χ1n) is 6.20. The Morgan fingerprint density at radius 1 is 0.882 bits per heavy atom. The van der Waals surface area contributed by atoms with Gasteiger partial charge in [0.05, 0.1) is 0 Å². The van der Waals surface area contributed by atoms with Gasteiger partial charge in [-0.3, -0.25) is 0 Å². The fourth-order valence-corrected chi connectivity index (χ4v) is 1.95. The Kier molecular flexibility index (Phi) is 4.20. The highest BCUT2D eigenvalue weighted by Crippen LogP contribution is 2.20. The maximum absolute atomic E-state index is 3.36. The van der Waals surface area contributed by atoms with Crippen molar-refractivity contribution in [1.82, 2.24) is 0 Å². The van der Waals surface area contributed by atoms with Gasteiger partial charge in [-0.1, -0.05) is 54.1 Å². The molecule has 2 aromatic carbocycles. The molecule has 0 unspecified atom stereocenters. The van der Waals surface area contributed by atoms with Crippen LogP contribution in [0.15, 0.2) is 54.6 Å². The molecule has 3 rings (SSSR count). The average molecular weight is 225 g/mol. The zero-order valence-electron chi connectivity index (χ0n) is 10.3. The van der Waals surface area contributed by atoms with Crippen molar-refractivity contribution in [2.75, 3.05) is 11.9 Å². The van der Waals surface area contributed by atoms with Gasteiger partial charge in [0, 0.05) is 12.2 Å². The van der Waals surface area contributed by atoms with Crippen molar-refractivity contribution in [1.29, 1.82) is 0 Å². The molecule has 1 heterocycles. The summed E-state index contributed by atoms with van der Waals surface area (Å²) < 4.78 is 0. The van der Waals surface area contributed by atoms with Crippen LogP contribution >= 0.6 is 0 Å². The standard InChI is InChI=1S/C9H11N.C7H8/c1-2-6-9-8(4-1)5-3-7-10-9;1-7-5-3-2-4-6-7/h1-2,4,6,10H,3,5,7H2;2-6H,1H3. The number of benzene rings is 2.